The molecule has 2 aliphatic heterocycles. The average Bonchev–Trinajstić information content (AvgIpc) is 3.34. The molecule has 0 atom stereocenters. The number of carbonyl (C=O) groups is 1. The highest BCUT2D eigenvalue weighted by Crippen LogP contribution is 2.32. The Labute approximate surface area is 156 Å². The molecule has 138 valence electrons. The molecule has 0 bridgehead atoms. The van der Waals surface area contributed by atoms with E-state index in [4.69, 9.17) is 13.9 Å². The Morgan fingerprint density at radius 3 is 2.74 bits per heavy atom. The zero-order valence-electron chi connectivity index (χ0n) is 14.8. The highest BCUT2D eigenvalue weighted by molar-refractivity contribution is 5.95. The Hall–Kier alpha value is -3.06. The number of furan rings is 1. The van der Waals surface area contributed by atoms with Crippen LogP contribution in [-0.2, 0) is 6.54 Å². The molecule has 4 heterocycles. The molecule has 2 aliphatic rings. The SMILES string of the molecule is O=C(c1cc2ncccc2o1)N1CCN(Cc2ccc3c(c2)OCO3)CC1. The van der Waals surface area contributed by atoms with Gasteiger partial charge in [0, 0.05) is 45.0 Å². The van der Waals surface area contributed by atoms with E-state index < -0.39 is 0 Å². The Bertz CT molecular complexity index is 959. The van der Waals surface area contributed by atoms with E-state index in [1.807, 2.05) is 23.1 Å². The van der Waals surface area contributed by atoms with E-state index >= 15 is 0 Å². The smallest absolute Gasteiger partial charge is 0.289 e. The van der Waals surface area contributed by atoms with Crippen molar-refractivity contribution in [3.05, 3.63) is 53.9 Å². The van der Waals surface area contributed by atoms with Crippen molar-refractivity contribution in [3.8, 4) is 11.5 Å². The van der Waals surface area contributed by atoms with E-state index in [2.05, 4.69) is 16.0 Å². The highest BCUT2D eigenvalue weighted by Gasteiger charge is 2.25. The second-order valence-electron chi connectivity index (χ2n) is 6.75. The third-order valence-corrected chi connectivity index (χ3v) is 5.00. The van der Waals surface area contributed by atoms with E-state index in [9.17, 15) is 4.79 Å². The van der Waals surface area contributed by atoms with Crippen LogP contribution in [0.4, 0.5) is 0 Å². The van der Waals surface area contributed by atoms with Gasteiger partial charge in [0.25, 0.3) is 5.91 Å². The van der Waals surface area contributed by atoms with Crippen molar-refractivity contribution in [2.75, 3.05) is 33.0 Å². The van der Waals surface area contributed by atoms with E-state index in [0.717, 1.165) is 31.1 Å². The van der Waals surface area contributed by atoms with E-state index in [-0.39, 0.29) is 12.7 Å². The quantitative estimate of drug-likeness (QED) is 0.710. The van der Waals surface area contributed by atoms with Crippen LogP contribution >= 0.6 is 0 Å². The largest absolute Gasteiger partial charge is 0.454 e. The number of hydrogen-bond acceptors (Lipinski definition) is 6. The number of amides is 1. The number of hydrogen-bond donors (Lipinski definition) is 0. The van der Waals surface area contributed by atoms with Crippen molar-refractivity contribution in [2.45, 2.75) is 6.54 Å². The standard InChI is InChI=1S/C20H19N3O4/c24-20(19-11-15-16(27-19)2-1-5-21-15)23-8-6-22(7-9-23)12-14-3-4-17-18(10-14)26-13-25-17/h1-5,10-11H,6-9,12-13H2. The maximum atomic E-state index is 12.7. The van der Waals surface area contributed by atoms with Crippen molar-refractivity contribution < 1.29 is 18.7 Å². The maximum Gasteiger partial charge on any atom is 0.289 e. The maximum absolute atomic E-state index is 12.7. The molecule has 1 saturated heterocycles. The predicted molar refractivity (Wildman–Crippen MR) is 97.8 cm³/mol. The zero-order chi connectivity index (χ0) is 18.2. The summed E-state index contributed by atoms with van der Waals surface area (Å²) < 4.78 is 16.5. The first-order valence-electron chi connectivity index (χ1n) is 9.01. The number of aromatic nitrogens is 1. The molecule has 0 unspecified atom stereocenters. The van der Waals surface area contributed by atoms with Crippen LogP contribution < -0.4 is 9.47 Å². The monoisotopic (exact) mass is 365 g/mol. The third kappa shape index (κ3) is 3.10. The summed E-state index contributed by atoms with van der Waals surface area (Å²) in [6.07, 6.45) is 1.70. The molecule has 0 radical (unpaired) electrons. The Kier molecular flexibility index (Phi) is 3.94. The molecule has 2 aromatic heterocycles. The van der Waals surface area contributed by atoms with Crippen LogP contribution in [-0.4, -0.2) is 53.7 Å². The van der Waals surface area contributed by atoms with Gasteiger partial charge in [-0.15, -0.1) is 0 Å². The van der Waals surface area contributed by atoms with Crippen LogP contribution in [0.15, 0.2) is 47.0 Å². The summed E-state index contributed by atoms with van der Waals surface area (Å²) in [6, 6.07) is 11.4. The van der Waals surface area contributed by atoms with Gasteiger partial charge in [0.05, 0.1) is 0 Å². The number of nitrogens with zero attached hydrogens (tertiary/aromatic N) is 3. The molecular formula is C20H19N3O4. The molecular weight excluding hydrogens is 346 g/mol. The van der Waals surface area contributed by atoms with Crippen molar-refractivity contribution >= 4 is 17.0 Å². The lowest BCUT2D eigenvalue weighted by Crippen LogP contribution is -2.48. The van der Waals surface area contributed by atoms with Gasteiger partial charge in [-0.3, -0.25) is 14.7 Å². The lowest BCUT2D eigenvalue weighted by atomic mass is 10.1. The summed E-state index contributed by atoms with van der Waals surface area (Å²) in [6.45, 7) is 4.10. The molecule has 7 nitrogen and oxygen atoms in total. The molecule has 0 aliphatic carbocycles. The van der Waals surface area contributed by atoms with Crippen LogP contribution in [0, 0.1) is 0 Å². The average molecular weight is 365 g/mol. The molecule has 0 N–H and O–H groups in total. The molecule has 0 spiro atoms. The number of carbonyl (C=O) groups excluding carboxylic acids is 1. The van der Waals surface area contributed by atoms with Crippen LogP contribution in [0.2, 0.25) is 0 Å². The Morgan fingerprint density at radius 1 is 1.04 bits per heavy atom. The fourth-order valence-corrected chi connectivity index (χ4v) is 3.54. The van der Waals surface area contributed by atoms with Crippen molar-refractivity contribution in [3.63, 3.8) is 0 Å². The molecule has 5 rings (SSSR count). The van der Waals surface area contributed by atoms with Gasteiger partial charge in [0.15, 0.2) is 22.8 Å². The molecule has 27 heavy (non-hydrogen) atoms. The van der Waals surface area contributed by atoms with Crippen LogP contribution in [0.25, 0.3) is 11.1 Å². The lowest BCUT2D eigenvalue weighted by Gasteiger charge is -2.34. The van der Waals surface area contributed by atoms with Crippen LogP contribution in [0.3, 0.4) is 0 Å². The first-order chi connectivity index (χ1) is 13.3. The van der Waals surface area contributed by atoms with Crippen molar-refractivity contribution in [1.82, 2.24) is 14.8 Å². The normalized spacial score (nSPS) is 16.8. The van der Waals surface area contributed by atoms with Gasteiger partial charge in [-0.2, -0.15) is 0 Å². The summed E-state index contributed by atoms with van der Waals surface area (Å²) >= 11 is 0. The van der Waals surface area contributed by atoms with Gasteiger partial charge in [0.1, 0.15) is 5.52 Å². The number of benzene rings is 1. The Balaban J connectivity index is 1.21. The summed E-state index contributed by atoms with van der Waals surface area (Å²) in [4.78, 5) is 21.1. The number of pyridine rings is 1. The van der Waals surface area contributed by atoms with Crippen LogP contribution in [0.5, 0.6) is 11.5 Å². The summed E-state index contributed by atoms with van der Waals surface area (Å²) in [5.41, 5.74) is 2.53. The first-order valence-corrected chi connectivity index (χ1v) is 9.01. The van der Waals surface area contributed by atoms with Gasteiger partial charge in [-0.1, -0.05) is 6.07 Å². The number of fused-ring (bicyclic) bond motifs is 2. The topological polar surface area (TPSA) is 68.0 Å². The van der Waals surface area contributed by atoms with E-state index in [0.29, 0.717) is 29.9 Å². The van der Waals surface area contributed by atoms with E-state index in [1.165, 1.54) is 5.56 Å². The first kappa shape index (κ1) is 16.1. The Morgan fingerprint density at radius 2 is 1.89 bits per heavy atom. The summed E-state index contributed by atoms with van der Waals surface area (Å²) in [7, 11) is 0. The van der Waals surface area contributed by atoms with Crippen LogP contribution in [0.1, 0.15) is 16.1 Å². The predicted octanol–water partition coefficient (Wildman–Crippen LogP) is 2.51. The minimum Gasteiger partial charge on any atom is -0.454 e. The summed E-state index contributed by atoms with van der Waals surface area (Å²) in [5.74, 6) is 1.89. The fraction of sp³-hybridized carbons (Fsp3) is 0.300. The number of rotatable bonds is 3. The zero-order valence-corrected chi connectivity index (χ0v) is 14.8. The minimum absolute atomic E-state index is 0.0734. The number of ether oxygens (including phenoxy) is 2. The van der Waals surface area contributed by atoms with Gasteiger partial charge in [-0.05, 0) is 29.8 Å². The number of piperazine rings is 1. The van der Waals surface area contributed by atoms with Gasteiger partial charge in [-0.25, -0.2) is 0 Å². The minimum atomic E-state index is -0.0734. The third-order valence-electron chi connectivity index (χ3n) is 5.00. The molecule has 3 aromatic rings. The molecule has 1 aromatic carbocycles. The second-order valence-corrected chi connectivity index (χ2v) is 6.75. The van der Waals surface area contributed by atoms with E-state index in [1.54, 1.807) is 18.3 Å². The highest BCUT2D eigenvalue weighted by atomic mass is 16.7. The van der Waals surface area contributed by atoms with Gasteiger partial charge in [0.2, 0.25) is 6.79 Å². The lowest BCUT2D eigenvalue weighted by molar-refractivity contribution is 0.0600. The van der Waals surface area contributed by atoms with Crippen molar-refractivity contribution in [2.24, 2.45) is 0 Å². The second kappa shape index (κ2) is 6.59. The van der Waals surface area contributed by atoms with Gasteiger partial charge >= 0.3 is 0 Å². The fourth-order valence-electron chi connectivity index (χ4n) is 3.54. The van der Waals surface area contributed by atoms with Crippen molar-refractivity contribution in [1.29, 1.82) is 0 Å². The van der Waals surface area contributed by atoms with Gasteiger partial charge < -0.3 is 18.8 Å². The molecule has 0 saturated carbocycles. The summed E-state index contributed by atoms with van der Waals surface area (Å²) in [5, 5.41) is 0. The molecule has 7 heteroatoms. The molecule has 1 fully saturated rings. The molecule has 1 amide bonds.